The van der Waals surface area contributed by atoms with E-state index in [0.717, 1.165) is 50.1 Å². The average molecular weight is 690 g/mol. The summed E-state index contributed by atoms with van der Waals surface area (Å²) in [5.74, 6) is 1.86. The Balaban J connectivity index is 1.23. The molecule has 0 fully saturated rings. The van der Waals surface area contributed by atoms with Crippen LogP contribution in [-0.2, 0) is 0 Å². The lowest BCUT2D eigenvalue weighted by Crippen LogP contribution is -2.01. The van der Waals surface area contributed by atoms with Gasteiger partial charge < -0.3 is 0 Å². The molecule has 0 amide bonds. The molecule has 8 aromatic carbocycles. The third kappa shape index (κ3) is 6.74. The van der Waals surface area contributed by atoms with Crippen LogP contribution in [0.4, 0.5) is 0 Å². The van der Waals surface area contributed by atoms with Crippen LogP contribution in [0.15, 0.2) is 212 Å². The summed E-state index contributed by atoms with van der Waals surface area (Å²) in [6.45, 7) is 0. The quantitative estimate of drug-likeness (QED) is 0.159. The SMILES string of the molecule is c1ccc(-c2ccc(-c3nc(-c4ccc(-c5ccccc5)cc4)nc(-c4cc(-c5ccccc5-c5ccccc5)ccc4-c4ccccc4)n3)cc2)cc1. The van der Waals surface area contributed by atoms with Crippen LogP contribution in [-0.4, -0.2) is 15.0 Å². The van der Waals surface area contributed by atoms with Gasteiger partial charge in [-0.25, -0.2) is 15.0 Å². The van der Waals surface area contributed by atoms with Crippen LogP contribution < -0.4 is 0 Å². The van der Waals surface area contributed by atoms with Crippen molar-refractivity contribution in [2.24, 2.45) is 0 Å². The minimum Gasteiger partial charge on any atom is -0.208 e. The monoisotopic (exact) mass is 689 g/mol. The first-order chi connectivity index (χ1) is 26.8. The molecule has 0 N–H and O–H groups in total. The van der Waals surface area contributed by atoms with E-state index in [1.807, 2.05) is 18.2 Å². The third-order valence-corrected chi connectivity index (χ3v) is 9.80. The summed E-state index contributed by atoms with van der Waals surface area (Å²) in [4.78, 5) is 15.6. The Hall–Kier alpha value is -7.23. The Bertz CT molecular complexity index is 2550. The molecule has 3 nitrogen and oxygen atoms in total. The van der Waals surface area contributed by atoms with Crippen molar-refractivity contribution in [1.82, 2.24) is 15.0 Å². The number of nitrogens with zero attached hydrogens (tertiary/aromatic N) is 3. The van der Waals surface area contributed by atoms with Crippen molar-refractivity contribution >= 4 is 0 Å². The maximum atomic E-state index is 5.25. The van der Waals surface area contributed by atoms with Crippen molar-refractivity contribution in [3.63, 3.8) is 0 Å². The first-order valence-corrected chi connectivity index (χ1v) is 18.2. The lowest BCUT2D eigenvalue weighted by Gasteiger charge is -2.16. The molecule has 0 aliphatic rings. The highest BCUT2D eigenvalue weighted by Crippen LogP contribution is 2.39. The van der Waals surface area contributed by atoms with Crippen molar-refractivity contribution < 1.29 is 0 Å². The van der Waals surface area contributed by atoms with E-state index in [1.165, 1.54) is 22.3 Å². The lowest BCUT2D eigenvalue weighted by atomic mass is 9.90. The molecule has 9 aromatic rings. The van der Waals surface area contributed by atoms with Gasteiger partial charge in [-0.15, -0.1) is 0 Å². The molecule has 0 spiro atoms. The smallest absolute Gasteiger partial charge is 0.164 e. The van der Waals surface area contributed by atoms with Crippen LogP contribution in [0.1, 0.15) is 0 Å². The molecule has 0 aliphatic heterocycles. The fraction of sp³-hybridized carbons (Fsp3) is 0. The normalized spacial score (nSPS) is 11.0. The number of hydrogen-bond acceptors (Lipinski definition) is 3. The summed E-state index contributed by atoms with van der Waals surface area (Å²) < 4.78 is 0. The fourth-order valence-corrected chi connectivity index (χ4v) is 7.01. The van der Waals surface area contributed by atoms with E-state index in [4.69, 9.17) is 15.0 Å². The van der Waals surface area contributed by atoms with Crippen LogP contribution in [0.5, 0.6) is 0 Å². The number of rotatable bonds is 8. The van der Waals surface area contributed by atoms with Gasteiger partial charge in [0.2, 0.25) is 0 Å². The first kappa shape index (κ1) is 32.7. The highest BCUT2D eigenvalue weighted by Gasteiger charge is 2.18. The topological polar surface area (TPSA) is 38.7 Å². The highest BCUT2D eigenvalue weighted by atomic mass is 15.0. The molecule has 0 aliphatic carbocycles. The van der Waals surface area contributed by atoms with Gasteiger partial charge >= 0.3 is 0 Å². The molecule has 0 radical (unpaired) electrons. The molecular weight excluding hydrogens is 655 g/mol. The molecular formula is C51H35N3. The maximum Gasteiger partial charge on any atom is 0.164 e. The zero-order valence-corrected chi connectivity index (χ0v) is 29.5. The zero-order chi connectivity index (χ0) is 36.1. The largest absolute Gasteiger partial charge is 0.208 e. The summed E-state index contributed by atoms with van der Waals surface area (Å²) in [7, 11) is 0. The third-order valence-electron chi connectivity index (χ3n) is 9.80. The van der Waals surface area contributed by atoms with E-state index in [9.17, 15) is 0 Å². The number of aromatic nitrogens is 3. The van der Waals surface area contributed by atoms with Gasteiger partial charge in [-0.1, -0.05) is 206 Å². The molecule has 1 aromatic heterocycles. The van der Waals surface area contributed by atoms with Gasteiger partial charge in [-0.2, -0.15) is 0 Å². The van der Waals surface area contributed by atoms with Crippen LogP contribution in [0.25, 0.3) is 89.8 Å². The second-order valence-corrected chi connectivity index (χ2v) is 13.2. The minimum absolute atomic E-state index is 0.618. The molecule has 0 saturated heterocycles. The van der Waals surface area contributed by atoms with E-state index in [1.54, 1.807) is 0 Å². The fourth-order valence-electron chi connectivity index (χ4n) is 7.01. The van der Waals surface area contributed by atoms with Crippen LogP contribution in [0.3, 0.4) is 0 Å². The Morgan fingerprint density at radius 2 is 0.481 bits per heavy atom. The Morgan fingerprint density at radius 3 is 0.926 bits per heavy atom. The predicted molar refractivity (Wildman–Crippen MR) is 223 cm³/mol. The van der Waals surface area contributed by atoms with Crippen molar-refractivity contribution in [3.8, 4) is 89.8 Å². The van der Waals surface area contributed by atoms with E-state index in [0.29, 0.717) is 17.5 Å². The van der Waals surface area contributed by atoms with Crippen LogP contribution in [0, 0.1) is 0 Å². The Labute approximate surface area is 316 Å². The van der Waals surface area contributed by atoms with Crippen molar-refractivity contribution in [2.45, 2.75) is 0 Å². The van der Waals surface area contributed by atoms with Crippen LogP contribution in [0.2, 0.25) is 0 Å². The average Bonchev–Trinajstić information content (AvgIpc) is 3.27. The molecule has 0 saturated carbocycles. The lowest BCUT2D eigenvalue weighted by molar-refractivity contribution is 1.07. The molecule has 0 unspecified atom stereocenters. The summed E-state index contributed by atoms with van der Waals surface area (Å²) in [6, 6.07) is 74.1. The molecule has 254 valence electrons. The van der Waals surface area contributed by atoms with Crippen molar-refractivity contribution in [3.05, 3.63) is 212 Å². The summed E-state index contributed by atoms with van der Waals surface area (Å²) >= 11 is 0. The zero-order valence-electron chi connectivity index (χ0n) is 29.5. The second kappa shape index (κ2) is 14.8. The Kier molecular flexibility index (Phi) is 8.94. The number of hydrogen-bond donors (Lipinski definition) is 0. The summed E-state index contributed by atoms with van der Waals surface area (Å²) in [5, 5.41) is 0. The van der Waals surface area contributed by atoms with Gasteiger partial charge in [0.05, 0.1) is 0 Å². The van der Waals surface area contributed by atoms with E-state index < -0.39 is 0 Å². The minimum atomic E-state index is 0.618. The van der Waals surface area contributed by atoms with Gasteiger partial charge in [0.25, 0.3) is 0 Å². The van der Waals surface area contributed by atoms with E-state index in [-0.39, 0.29) is 0 Å². The highest BCUT2D eigenvalue weighted by molar-refractivity contribution is 5.90. The molecule has 3 heteroatoms. The number of benzene rings is 8. The maximum absolute atomic E-state index is 5.25. The summed E-state index contributed by atoms with van der Waals surface area (Å²) in [5.41, 5.74) is 14.1. The van der Waals surface area contributed by atoms with E-state index >= 15 is 0 Å². The Morgan fingerprint density at radius 1 is 0.185 bits per heavy atom. The van der Waals surface area contributed by atoms with Gasteiger partial charge in [-0.3, -0.25) is 0 Å². The van der Waals surface area contributed by atoms with Gasteiger partial charge in [0, 0.05) is 16.7 Å². The van der Waals surface area contributed by atoms with Gasteiger partial charge in [0.1, 0.15) is 0 Å². The molecule has 1 heterocycles. The van der Waals surface area contributed by atoms with Crippen LogP contribution >= 0.6 is 0 Å². The standard InChI is InChI=1S/C51H35N3/c1-5-15-36(16-6-1)38-25-29-42(30-26-38)49-52-50(43-31-27-39(28-32-43)37-17-7-2-8-18-37)54-51(53-49)48-35-44(33-34-47(48)41-21-11-4-12-22-41)46-24-14-13-23-45(46)40-19-9-3-10-20-40/h1-35H. The molecule has 9 rings (SSSR count). The molecule has 0 atom stereocenters. The van der Waals surface area contributed by atoms with Crippen molar-refractivity contribution in [1.29, 1.82) is 0 Å². The van der Waals surface area contributed by atoms with Gasteiger partial charge in [-0.05, 0) is 61.7 Å². The molecule has 0 bridgehead atoms. The van der Waals surface area contributed by atoms with Gasteiger partial charge in [0.15, 0.2) is 17.5 Å². The van der Waals surface area contributed by atoms with E-state index in [2.05, 4.69) is 194 Å². The predicted octanol–water partition coefficient (Wildman–Crippen LogP) is 13.2. The molecule has 54 heavy (non-hydrogen) atoms. The second-order valence-electron chi connectivity index (χ2n) is 13.2. The first-order valence-electron chi connectivity index (χ1n) is 18.2. The van der Waals surface area contributed by atoms with Crippen molar-refractivity contribution in [2.75, 3.05) is 0 Å². The summed E-state index contributed by atoms with van der Waals surface area (Å²) in [6.07, 6.45) is 0.